The summed E-state index contributed by atoms with van der Waals surface area (Å²) in [5.41, 5.74) is 1.97. The summed E-state index contributed by atoms with van der Waals surface area (Å²) in [5.74, 6) is 0.806. The fourth-order valence-corrected chi connectivity index (χ4v) is 3.57. The van der Waals surface area contributed by atoms with Gasteiger partial charge in [-0.05, 0) is 42.8 Å². The summed E-state index contributed by atoms with van der Waals surface area (Å²) >= 11 is 5.94. The molecule has 0 aliphatic carbocycles. The first-order chi connectivity index (χ1) is 14.6. The second-order valence-corrected chi connectivity index (χ2v) is 7.52. The number of benzene rings is 1. The molecule has 1 aromatic carbocycles. The van der Waals surface area contributed by atoms with Crippen molar-refractivity contribution in [3.8, 4) is 5.69 Å². The molecule has 156 valence electrons. The molecule has 1 atom stereocenters. The van der Waals surface area contributed by atoms with E-state index >= 15 is 0 Å². The number of rotatable bonds is 5. The maximum absolute atomic E-state index is 14.0. The summed E-state index contributed by atoms with van der Waals surface area (Å²) in [6, 6.07) is 10.7. The minimum absolute atomic E-state index is 0.161. The van der Waals surface area contributed by atoms with Gasteiger partial charge in [-0.25, -0.2) is 14.1 Å². The minimum Gasteiger partial charge on any atom is -0.352 e. The van der Waals surface area contributed by atoms with Crippen LogP contribution in [0.1, 0.15) is 12.0 Å². The molecule has 1 fully saturated rings. The van der Waals surface area contributed by atoms with Crippen LogP contribution in [0.2, 0.25) is 5.02 Å². The Hall–Kier alpha value is -3.13. The number of guanidine groups is 1. The lowest BCUT2D eigenvalue weighted by Gasteiger charge is -2.19. The molecular weight excluding hydrogens is 405 g/mol. The highest BCUT2D eigenvalue weighted by molar-refractivity contribution is 6.30. The maximum atomic E-state index is 14.0. The van der Waals surface area contributed by atoms with Gasteiger partial charge in [0.25, 0.3) is 0 Å². The normalized spacial score (nSPS) is 16.7. The first-order valence-electron chi connectivity index (χ1n) is 9.74. The van der Waals surface area contributed by atoms with E-state index in [2.05, 4.69) is 25.7 Å². The van der Waals surface area contributed by atoms with Gasteiger partial charge in [-0.3, -0.25) is 4.99 Å². The van der Waals surface area contributed by atoms with Crippen LogP contribution in [0.15, 0.2) is 60.0 Å². The predicted molar refractivity (Wildman–Crippen MR) is 117 cm³/mol. The van der Waals surface area contributed by atoms with Crippen molar-refractivity contribution in [3.63, 3.8) is 0 Å². The summed E-state index contributed by atoms with van der Waals surface area (Å²) < 4.78 is 15.8. The zero-order valence-corrected chi connectivity index (χ0v) is 17.3. The minimum atomic E-state index is -0.293. The van der Waals surface area contributed by atoms with Crippen molar-refractivity contribution in [2.45, 2.75) is 19.0 Å². The van der Waals surface area contributed by atoms with E-state index in [4.69, 9.17) is 11.6 Å². The Morgan fingerprint density at radius 2 is 2.13 bits per heavy atom. The smallest absolute Gasteiger partial charge is 0.191 e. The maximum Gasteiger partial charge on any atom is 0.191 e. The van der Waals surface area contributed by atoms with Gasteiger partial charge in [0.15, 0.2) is 17.6 Å². The van der Waals surface area contributed by atoms with Crippen molar-refractivity contribution < 1.29 is 4.39 Å². The van der Waals surface area contributed by atoms with Crippen LogP contribution in [-0.4, -0.2) is 46.9 Å². The summed E-state index contributed by atoms with van der Waals surface area (Å²) in [6.45, 7) is 2.00. The molecule has 0 spiro atoms. The lowest BCUT2D eigenvalue weighted by Crippen LogP contribution is -2.44. The Kier molecular flexibility index (Phi) is 6.13. The predicted octanol–water partition coefficient (Wildman–Crippen LogP) is 3.00. The second-order valence-electron chi connectivity index (χ2n) is 7.08. The SMILES string of the molecule is CN=C(NCc1cnn(-c2ccc(Cl)cc2)c1)NC1CCN(c2ncccc2F)C1. The number of halogens is 2. The Morgan fingerprint density at radius 3 is 2.90 bits per heavy atom. The zero-order chi connectivity index (χ0) is 20.9. The summed E-state index contributed by atoms with van der Waals surface area (Å²) in [7, 11) is 1.73. The van der Waals surface area contributed by atoms with E-state index in [1.165, 1.54) is 6.07 Å². The van der Waals surface area contributed by atoms with E-state index in [0.29, 0.717) is 29.9 Å². The molecule has 0 amide bonds. The van der Waals surface area contributed by atoms with Gasteiger partial charge in [0.2, 0.25) is 0 Å². The van der Waals surface area contributed by atoms with Crippen molar-refractivity contribution in [2.24, 2.45) is 4.99 Å². The number of aliphatic imine (C=N–C) groups is 1. The molecule has 1 aliphatic rings. The van der Waals surface area contributed by atoms with Gasteiger partial charge < -0.3 is 15.5 Å². The molecule has 1 aliphatic heterocycles. The van der Waals surface area contributed by atoms with E-state index in [-0.39, 0.29) is 11.9 Å². The van der Waals surface area contributed by atoms with Gasteiger partial charge in [-0.1, -0.05) is 11.6 Å². The number of anilines is 1. The molecule has 2 N–H and O–H groups in total. The van der Waals surface area contributed by atoms with Crippen LogP contribution in [0.25, 0.3) is 5.69 Å². The number of pyridine rings is 1. The van der Waals surface area contributed by atoms with Gasteiger partial charge >= 0.3 is 0 Å². The molecule has 0 bridgehead atoms. The van der Waals surface area contributed by atoms with E-state index < -0.39 is 0 Å². The van der Waals surface area contributed by atoms with E-state index in [0.717, 1.165) is 24.2 Å². The van der Waals surface area contributed by atoms with Gasteiger partial charge in [0, 0.05) is 55.7 Å². The highest BCUT2D eigenvalue weighted by Gasteiger charge is 2.25. The molecule has 1 saturated heterocycles. The average molecular weight is 428 g/mol. The summed E-state index contributed by atoms with van der Waals surface area (Å²) in [4.78, 5) is 10.4. The zero-order valence-electron chi connectivity index (χ0n) is 16.6. The van der Waals surface area contributed by atoms with Crippen molar-refractivity contribution in [1.82, 2.24) is 25.4 Å². The molecule has 0 radical (unpaired) electrons. The van der Waals surface area contributed by atoms with Crippen LogP contribution in [0.4, 0.5) is 10.2 Å². The van der Waals surface area contributed by atoms with Gasteiger partial charge in [0.1, 0.15) is 0 Å². The number of nitrogens with zero attached hydrogens (tertiary/aromatic N) is 5. The van der Waals surface area contributed by atoms with Gasteiger partial charge in [-0.2, -0.15) is 5.10 Å². The Labute approximate surface area is 179 Å². The van der Waals surface area contributed by atoms with Crippen LogP contribution in [0, 0.1) is 5.82 Å². The highest BCUT2D eigenvalue weighted by Crippen LogP contribution is 2.20. The fourth-order valence-electron chi connectivity index (χ4n) is 3.44. The van der Waals surface area contributed by atoms with Crippen molar-refractivity contribution in [3.05, 3.63) is 71.4 Å². The number of aromatic nitrogens is 3. The van der Waals surface area contributed by atoms with E-state index in [1.807, 2.05) is 41.6 Å². The molecule has 0 saturated carbocycles. The molecule has 30 heavy (non-hydrogen) atoms. The lowest BCUT2D eigenvalue weighted by atomic mass is 10.3. The number of nitrogens with one attached hydrogen (secondary N) is 2. The molecule has 7 nitrogen and oxygen atoms in total. The molecule has 1 unspecified atom stereocenters. The molecule has 4 rings (SSSR count). The Morgan fingerprint density at radius 1 is 1.30 bits per heavy atom. The molecule has 3 heterocycles. The second kappa shape index (κ2) is 9.13. The number of hydrogen-bond donors (Lipinski definition) is 2. The standard InChI is InChI=1S/C21H23ClFN7/c1-24-21(28-17-8-10-29(14-17)20-19(23)3-2-9-25-20)26-11-15-12-27-30(13-15)18-6-4-16(22)5-7-18/h2-7,9,12-13,17H,8,10-11,14H2,1H3,(H2,24,26,28). The van der Waals surface area contributed by atoms with Crippen molar-refractivity contribution in [1.29, 1.82) is 0 Å². The Balaban J connectivity index is 1.31. The molecule has 2 aromatic heterocycles. The molecule has 3 aromatic rings. The monoisotopic (exact) mass is 427 g/mol. The number of hydrogen-bond acceptors (Lipinski definition) is 4. The van der Waals surface area contributed by atoms with E-state index in [9.17, 15) is 4.39 Å². The Bertz CT molecular complexity index is 1020. The third-order valence-corrected chi connectivity index (χ3v) is 5.23. The third kappa shape index (κ3) is 4.71. The first-order valence-corrected chi connectivity index (χ1v) is 10.1. The summed E-state index contributed by atoms with van der Waals surface area (Å²) in [6.07, 6.45) is 6.27. The highest BCUT2D eigenvalue weighted by atomic mass is 35.5. The van der Waals surface area contributed by atoms with E-state index in [1.54, 1.807) is 24.0 Å². The van der Waals surface area contributed by atoms with Gasteiger partial charge in [-0.15, -0.1) is 0 Å². The van der Waals surface area contributed by atoms with Crippen LogP contribution in [-0.2, 0) is 6.54 Å². The quantitative estimate of drug-likeness (QED) is 0.484. The topological polar surface area (TPSA) is 70.4 Å². The lowest BCUT2D eigenvalue weighted by molar-refractivity contribution is 0.612. The van der Waals surface area contributed by atoms with Crippen molar-refractivity contribution in [2.75, 3.05) is 25.0 Å². The van der Waals surface area contributed by atoms with Crippen LogP contribution >= 0.6 is 11.6 Å². The summed E-state index contributed by atoms with van der Waals surface area (Å²) in [5, 5.41) is 11.8. The largest absolute Gasteiger partial charge is 0.352 e. The van der Waals surface area contributed by atoms with Crippen molar-refractivity contribution >= 4 is 23.4 Å². The molecular formula is C21H23ClFN7. The van der Waals surface area contributed by atoms with Gasteiger partial charge in [0.05, 0.1) is 11.9 Å². The van der Waals surface area contributed by atoms with Crippen LogP contribution in [0.5, 0.6) is 0 Å². The first kappa shape index (κ1) is 20.2. The van der Waals surface area contributed by atoms with Crippen LogP contribution in [0.3, 0.4) is 0 Å². The average Bonchev–Trinajstić information content (AvgIpc) is 3.42. The van der Waals surface area contributed by atoms with Crippen LogP contribution < -0.4 is 15.5 Å². The third-order valence-electron chi connectivity index (χ3n) is 4.98. The fraction of sp³-hybridized carbons (Fsp3) is 0.286. The molecule has 9 heteroatoms.